The summed E-state index contributed by atoms with van der Waals surface area (Å²) in [6.07, 6.45) is 1.15. The Bertz CT molecular complexity index is 314. The van der Waals surface area contributed by atoms with Gasteiger partial charge in [-0.05, 0) is 36.3 Å². The molecule has 0 saturated carbocycles. The summed E-state index contributed by atoms with van der Waals surface area (Å²) in [5.74, 6) is 1.81. The van der Waals surface area contributed by atoms with Gasteiger partial charge in [0.2, 0.25) is 0 Å². The fourth-order valence-corrected chi connectivity index (χ4v) is 2.19. The molecule has 2 N–H and O–H groups in total. The molecule has 0 aromatic heterocycles. The molecule has 1 unspecified atom stereocenters. The summed E-state index contributed by atoms with van der Waals surface area (Å²) < 4.78 is 13.3. The van der Waals surface area contributed by atoms with Crippen LogP contribution in [0.5, 0.6) is 0 Å². The maximum Gasteiger partial charge on any atom is 0.126 e. The molecule has 0 spiro atoms. The third-order valence-electron chi connectivity index (χ3n) is 2.27. The first kappa shape index (κ1) is 12.5. The van der Waals surface area contributed by atoms with Gasteiger partial charge < -0.3 is 5.73 Å². The van der Waals surface area contributed by atoms with Gasteiger partial charge in [0.05, 0.1) is 0 Å². The normalized spacial score (nSPS) is 12.8. The molecule has 0 bridgehead atoms. The average Bonchev–Trinajstić information content (AvgIpc) is 2.22. The second kappa shape index (κ2) is 6.13. The average molecular weight is 227 g/mol. The Morgan fingerprint density at radius 1 is 1.47 bits per heavy atom. The molecule has 0 saturated heterocycles. The quantitative estimate of drug-likeness (QED) is 0.781. The van der Waals surface area contributed by atoms with Gasteiger partial charge in [0.15, 0.2) is 0 Å². The van der Waals surface area contributed by atoms with E-state index in [0.717, 1.165) is 23.5 Å². The van der Waals surface area contributed by atoms with Crippen molar-refractivity contribution < 1.29 is 4.39 Å². The van der Waals surface area contributed by atoms with E-state index in [1.165, 1.54) is 0 Å². The van der Waals surface area contributed by atoms with E-state index in [4.69, 9.17) is 5.73 Å². The zero-order valence-corrected chi connectivity index (χ0v) is 10.1. The molecule has 0 aliphatic heterocycles. The molecule has 0 fully saturated rings. The summed E-state index contributed by atoms with van der Waals surface area (Å²) in [6, 6.07) is 5.19. The van der Waals surface area contributed by atoms with Crippen LogP contribution in [0, 0.1) is 12.7 Å². The van der Waals surface area contributed by atoms with Crippen molar-refractivity contribution in [1.82, 2.24) is 0 Å². The second-order valence-electron chi connectivity index (χ2n) is 3.69. The standard InChI is InChI=1S/C12H18FNS/c1-3-6-15-8-12(14)10-5-4-9(2)11(13)7-10/h4-5,7,12H,3,6,8,14H2,1-2H3. The SMILES string of the molecule is CCCSCC(N)c1ccc(C)c(F)c1. The molecular weight excluding hydrogens is 209 g/mol. The molecule has 0 radical (unpaired) electrons. The van der Waals surface area contributed by atoms with Crippen LogP contribution in [0.3, 0.4) is 0 Å². The first-order chi connectivity index (χ1) is 7.15. The maximum atomic E-state index is 13.3. The molecule has 84 valence electrons. The molecule has 15 heavy (non-hydrogen) atoms. The Morgan fingerprint density at radius 3 is 2.80 bits per heavy atom. The van der Waals surface area contributed by atoms with Crippen LogP contribution in [0.4, 0.5) is 4.39 Å². The van der Waals surface area contributed by atoms with Gasteiger partial charge in [-0.15, -0.1) is 0 Å². The van der Waals surface area contributed by atoms with Crippen molar-refractivity contribution in [3.63, 3.8) is 0 Å². The van der Waals surface area contributed by atoms with Crippen molar-refractivity contribution in [2.75, 3.05) is 11.5 Å². The van der Waals surface area contributed by atoms with E-state index in [-0.39, 0.29) is 11.9 Å². The summed E-state index contributed by atoms with van der Waals surface area (Å²) >= 11 is 1.82. The van der Waals surface area contributed by atoms with Gasteiger partial charge in [0.25, 0.3) is 0 Å². The molecule has 1 aromatic carbocycles. The van der Waals surface area contributed by atoms with Crippen molar-refractivity contribution in [3.8, 4) is 0 Å². The minimum Gasteiger partial charge on any atom is -0.323 e. The number of aryl methyl sites for hydroxylation is 1. The van der Waals surface area contributed by atoms with Crippen molar-refractivity contribution in [1.29, 1.82) is 0 Å². The number of nitrogens with two attached hydrogens (primary N) is 1. The van der Waals surface area contributed by atoms with Gasteiger partial charge in [0, 0.05) is 11.8 Å². The lowest BCUT2D eigenvalue weighted by Gasteiger charge is -2.12. The van der Waals surface area contributed by atoms with Gasteiger partial charge >= 0.3 is 0 Å². The van der Waals surface area contributed by atoms with Gasteiger partial charge in [-0.1, -0.05) is 19.1 Å². The van der Waals surface area contributed by atoms with Gasteiger partial charge in [0.1, 0.15) is 5.82 Å². The van der Waals surface area contributed by atoms with Crippen LogP contribution < -0.4 is 5.73 Å². The van der Waals surface area contributed by atoms with Crippen molar-refractivity contribution in [2.24, 2.45) is 5.73 Å². The van der Waals surface area contributed by atoms with Gasteiger partial charge in [-0.2, -0.15) is 11.8 Å². The van der Waals surface area contributed by atoms with E-state index in [1.54, 1.807) is 19.1 Å². The molecule has 3 heteroatoms. The molecule has 1 rings (SSSR count). The minimum atomic E-state index is -0.163. The van der Waals surface area contributed by atoms with E-state index in [0.29, 0.717) is 5.56 Å². The van der Waals surface area contributed by atoms with E-state index in [2.05, 4.69) is 6.92 Å². The van der Waals surface area contributed by atoms with Crippen LogP contribution in [0.15, 0.2) is 18.2 Å². The largest absolute Gasteiger partial charge is 0.323 e. The fraction of sp³-hybridized carbons (Fsp3) is 0.500. The monoisotopic (exact) mass is 227 g/mol. The third kappa shape index (κ3) is 3.84. The second-order valence-corrected chi connectivity index (χ2v) is 4.84. The third-order valence-corrected chi connectivity index (χ3v) is 3.56. The van der Waals surface area contributed by atoms with Crippen LogP contribution in [0.2, 0.25) is 0 Å². The molecule has 0 amide bonds. The predicted molar refractivity (Wildman–Crippen MR) is 65.7 cm³/mol. The van der Waals surface area contributed by atoms with Gasteiger partial charge in [-0.3, -0.25) is 0 Å². The van der Waals surface area contributed by atoms with E-state index < -0.39 is 0 Å². The highest BCUT2D eigenvalue weighted by atomic mass is 32.2. The fourth-order valence-electron chi connectivity index (χ4n) is 1.29. The smallest absolute Gasteiger partial charge is 0.126 e. The number of thioether (sulfide) groups is 1. The Labute approximate surface area is 95.2 Å². The summed E-state index contributed by atoms with van der Waals surface area (Å²) in [5, 5.41) is 0. The van der Waals surface area contributed by atoms with Crippen molar-refractivity contribution in [3.05, 3.63) is 35.1 Å². The summed E-state index contributed by atoms with van der Waals surface area (Å²) in [7, 11) is 0. The van der Waals surface area contributed by atoms with Crippen LogP contribution in [-0.2, 0) is 0 Å². The summed E-state index contributed by atoms with van der Waals surface area (Å²) in [6.45, 7) is 3.90. The molecule has 0 heterocycles. The lowest BCUT2D eigenvalue weighted by atomic mass is 10.1. The molecule has 1 atom stereocenters. The topological polar surface area (TPSA) is 26.0 Å². The van der Waals surface area contributed by atoms with E-state index >= 15 is 0 Å². The molecule has 1 nitrogen and oxygen atoms in total. The highest BCUT2D eigenvalue weighted by molar-refractivity contribution is 7.99. The number of benzene rings is 1. The van der Waals surface area contributed by atoms with Crippen LogP contribution in [-0.4, -0.2) is 11.5 Å². The van der Waals surface area contributed by atoms with Crippen LogP contribution >= 0.6 is 11.8 Å². The zero-order valence-electron chi connectivity index (χ0n) is 9.29. The first-order valence-corrected chi connectivity index (χ1v) is 6.40. The Kier molecular flexibility index (Phi) is 5.12. The molecule has 0 aliphatic carbocycles. The Balaban J connectivity index is 2.57. The lowest BCUT2D eigenvalue weighted by molar-refractivity contribution is 0.613. The van der Waals surface area contributed by atoms with Crippen molar-refractivity contribution >= 4 is 11.8 Å². The summed E-state index contributed by atoms with van der Waals surface area (Å²) in [5.41, 5.74) is 7.53. The molecule has 1 aromatic rings. The highest BCUT2D eigenvalue weighted by Crippen LogP contribution is 2.18. The molecular formula is C12H18FNS. The number of halogens is 1. The maximum absolute atomic E-state index is 13.3. The lowest BCUT2D eigenvalue weighted by Crippen LogP contribution is -2.13. The predicted octanol–water partition coefficient (Wildman–Crippen LogP) is 3.28. The Morgan fingerprint density at radius 2 is 2.20 bits per heavy atom. The van der Waals surface area contributed by atoms with Gasteiger partial charge in [-0.25, -0.2) is 4.39 Å². The number of hydrogen-bond donors (Lipinski definition) is 1. The summed E-state index contributed by atoms with van der Waals surface area (Å²) in [4.78, 5) is 0. The minimum absolute atomic E-state index is 0.0587. The number of hydrogen-bond acceptors (Lipinski definition) is 2. The first-order valence-electron chi connectivity index (χ1n) is 5.24. The highest BCUT2D eigenvalue weighted by Gasteiger charge is 2.07. The number of rotatable bonds is 5. The molecule has 0 aliphatic rings. The van der Waals surface area contributed by atoms with Crippen molar-refractivity contribution in [2.45, 2.75) is 26.3 Å². The van der Waals surface area contributed by atoms with Crippen LogP contribution in [0.1, 0.15) is 30.5 Å². The Hall–Kier alpha value is -0.540. The van der Waals surface area contributed by atoms with Crippen LogP contribution in [0.25, 0.3) is 0 Å². The van der Waals surface area contributed by atoms with E-state index in [1.807, 2.05) is 17.8 Å². The zero-order chi connectivity index (χ0) is 11.3. The van der Waals surface area contributed by atoms with E-state index in [9.17, 15) is 4.39 Å².